The summed E-state index contributed by atoms with van der Waals surface area (Å²) in [6.07, 6.45) is 4.17. The molecule has 2 aliphatic rings. The first kappa shape index (κ1) is 23.9. The van der Waals surface area contributed by atoms with Crippen LogP contribution in [0, 0.1) is 0 Å². The highest BCUT2D eigenvalue weighted by Crippen LogP contribution is 2.28. The third-order valence-corrected chi connectivity index (χ3v) is 5.62. The molecule has 0 aromatic rings. The minimum Gasteiger partial charge on any atom is -0.303 e. The summed E-state index contributed by atoms with van der Waals surface area (Å²) in [7, 11) is 2.21. The summed E-state index contributed by atoms with van der Waals surface area (Å²) in [5.41, 5.74) is 0.799. The lowest BCUT2D eigenvalue weighted by molar-refractivity contribution is 0.00876. The molecule has 0 radical (unpaired) electrons. The second-order valence-electron chi connectivity index (χ2n) is 9.39. The van der Waals surface area contributed by atoms with Crippen molar-refractivity contribution in [2.45, 2.75) is 105 Å². The Kier molecular flexibility index (Phi) is 9.49. The molecular formula is C21H47N3. The molecule has 0 saturated carbocycles. The largest absolute Gasteiger partial charge is 0.303 e. The molecule has 0 aromatic heterocycles. The van der Waals surface area contributed by atoms with Crippen molar-refractivity contribution in [2.75, 3.05) is 33.2 Å². The van der Waals surface area contributed by atoms with Crippen molar-refractivity contribution in [3.8, 4) is 0 Å². The van der Waals surface area contributed by atoms with Crippen molar-refractivity contribution in [3.05, 3.63) is 0 Å². The zero-order valence-electron chi connectivity index (χ0n) is 17.4. The standard InChI is InChI=1S/C10H22N2.C10H21N.CH4/c1-9(2)12-7-6-11(5)8-10(12,3)4;1-9(2)11-8-6-5-7-10(11,3)4;/h9H,6-8H2,1-5H3;9H,5-8H2,1-4H3;1H4. The number of rotatable bonds is 2. The average molecular weight is 342 g/mol. The molecule has 0 N–H and O–H groups in total. The molecule has 2 saturated heterocycles. The predicted octanol–water partition coefficient (Wildman–Crippen LogP) is 4.72. The lowest BCUT2D eigenvalue weighted by Gasteiger charge is -2.48. The Morgan fingerprint density at radius 1 is 0.708 bits per heavy atom. The molecule has 0 aliphatic carbocycles. The molecule has 2 rings (SSSR count). The minimum atomic E-state index is 0. The van der Waals surface area contributed by atoms with Crippen molar-refractivity contribution in [2.24, 2.45) is 0 Å². The van der Waals surface area contributed by atoms with Crippen molar-refractivity contribution < 1.29 is 0 Å². The van der Waals surface area contributed by atoms with Crippen LogP contribution in [-0.4, -0.2) is 71.1 Å². The highest BCUT2D eigenvalue weighted by Gasteiger charge is 2.33. The topological polar surface area (TPSA) is 9.72 Å². The molecule has 0 atom stereocenters. The lowest BCUT2D eigenvalue weighted by Crippen LogP contribution is -2.60. The van der Waals surface area contributed by atoms with E-state index in [2.05, 4.69) is 77.1 Å². The second kappa shape index (κ2) is 9.54. The third kappa shape index (κ3) is 6.65. The van der Waals surface area contributed by atoms with Crippen LogP contribution in [0.25, 0.3) is 0 Å². The summed E-state index contributed by atoms with van der Waals surface area (Å²) in [6.45, 7) is 23.5. The maximum atomic E-state index is 2.62. The van der Waals surface area contributed by atoms with Crippen LogP contribution in [0.1, 0.15) is 82.1 Å². The summed E-state index contributed by atoms with van der Waals surface area (Å²) in [5, 5.41) is 0. The van der Waals surface area contributed by atoms with E-state index in [1.165, 1.54) is 45.4 Å². The van der Waals surface area contributed by atoms with Gasteiger partial charge in [0.25, 0.3) is 0 Å². The van der Waals surface area contributed by atoms with E-state index in [0.29, 0.717) is 23.2 Å². The molecule has 2 aliphatic heterocycles. The van der Waals surface area contributed by atoms with Crippen LogP contribution in [0.5, 0.6) is 0 Å². The molecule has 2 fully saturated rings. The van der Waals surface area contributed by atoms with Crippen LogP contribution >= 0.6 is 0 Å². The van der Waals surface area contributed by atoms with Crippen molar-refractivity contribution in [3.63, 3.8) is 0 Å². The lowest BCUT2D eigenvalue weighted by atomic mass is 9.89. The number of hydrogen-bond acceptors (Lipinski definition) is 3. The van der Waals surface area contributed by atoms with Gasteiger partial charge in [-0.1, -0.05) is 13.8 Å². The van der Waals surface area contributed by atoms with Crippen LogP contribution in [-0.2, 0) is 0 Å². The van der Waals surface area contributed by atoms with Gasteiger partial charge in [-0.15, -0.1) is 0 Å². The Bertz CT molecular complexity index is 347. The van der Waals surface area contributed by atoms with Gasteiger partial charge in [-0.3, -0.25) is 9.80 Å². The summed E-state index contributed by atoms with van der Waals surface area (Å²) >= 11 is 0. The fourth-order valence-electron chi connectivity index (χ4n) is 4.61. The Balaban J connectivity index is 0.000000425. The molecule has 24 heavy (non-hydrogen) atoms. The van der Waals surface area contributed by atoms with Crippen molar-refractivity contribution in [1.82, 2.24) is 14.7 Å². The van der Waals surface area contributed by atoms with E-state index in [1.807, 2.05) is 0 Å². The molecule has 0 spiro atoms. The molecule has 3 nitrogen and oxygen atoms in total. The number of hydrogen-bond donors (Lipinski definition) is 0. The zero-order chi connectivity index (χ0) is 17.8. The molecule has 0 aromatic carbocycles. The second-order valence-corrected chi connectivity index (χ2v) is 9.39. The number of likely N-dealkylation sites (tertiary alicyclic amines) is 1. The first-order valence-corrected chi connectivity index (χ1v) is 9.69. The summed E-state index contributed by atoms with van der Waals surface area (Å²) < 4.78 is 0. The minimum absolute atomic E-state index is 0. The summed E-state index contributed by atoms with van der Waals surface area (Å²) in [5.74, 6) is 0. The van der Waals surface area contributed by atoms with Gasteiger partial charge in [-0.2, -0.15) is 0 Å². The van der Waals surface area contributed by atoms with Gasteiger partial charge < -0.3 is 4.90 Å². The van der Waals surface area contributed by atoms with Crippen molar-refractivity contribution in [1.29, 1.82) is 0 Å². The van der Waals surface area contributed by atoms with Crippen LogP contribution in [0.2, 0.25) is 0 Å². The number of nitrogens with zero attached hydrogens (tertiary/aromatic N) is 3. The zero-order valence-corrected chi connectivity index (χ0v) is 17.4. The average Bonchev–Trinajstić information content (AvgIpc) is 2.36. The third-order valence-electron chi connectivity index (χ3n) is 5.62. The molecule has 0 unspecified atom stereocenters. The Hall–Kier alpha value is -0.120. The first-order valence-electron chi connectivity index (χ1n) is 9.69. The smallest absolute Gasteiger partial charge is 0.0283 e. The quantitative estimate of drug-likeness (QED) is 0.720. The van der Waals surface area contributed by atoms with Crippen LogP contribution < -0.4 is 0 Å². The summed E-state index contributed by atoms with van der Waals surface area (Å²) in [6, 6.07) is 1.39. The highest BCUT2D eigenvalue weighted by atomic mass is 15.3. The fourth-order valence-corrected chi connectivity index (χ4v) is 4.61. The molecule has 2 heterocycles. The van der Waals surface area contributed by atoms with Gasteiger partial charge in [0, 0.05) is 42.8 Å². The molecule has 0 bridgehead atoms. The van der Waals surface area contributed by atoms with E-state index in [4.69, 9.17) is 0 Å². The van der Waals surface area contributed by atoms with E-state index < -0.39 is 0 Å². The van der Waals surface area contributed by atoms with Crippen LogP contribution in [0.15, 0.2) is 0 Å². The normalized spacial score (nSPS) is 25.1. The Morgan fingerprint density at radius 2 is 1.21 bits per heavy atom. The number of piperidine rings is 1. The van der Waals surface area contributed by atoms with Gasteiger partial charge in [0.05, 0.1) is 0 Å². The maximum Gasteiger partial charge on any atom is 0.0283 e. The van der Waals surface area contributed by atoms with E-state index in [-0.39, 0.29) is 7.43 Å². The highest BCUT2D eigenvalue weighted by molar-refractivity contribution is 4.90. The Morgan fingerprint density at radius 3 is 1.58 bits per heavy atom. The van der Waals surface area contributed by atoms with Crippen molar-refractivity contribution >= 4 is 0 Å². The molecule has 3 heteroatoms. The SMILES string of the molecule is C.CC(C)N1CCCCC1(C)C.CC(C)N1CCN(C)CC1(C)C. The van der Waals surface area contributed by atoms with Crippen LogP contribution in [0.4, 0.5) is 0 Å². The van der Waals surface area contributed by atoms with Crippen LogP contribution in [0.3, 0.4) is 0 Å². The molecule has 0 amide bonds. The summed E-state index contributed by atoms with van der Waals surface area (Å²) in [4.78, 5) is 7.63. The van der Waals surface area contributed by atoms with E-state index in [9.17, 15) is 0 Å². The van der Waals surface area contributed by atoms with Gasteiger partial charge in [0.1, 0.15) is 0 Å². The first-order chi connectivity index (χ1) is 10.5. The van der Waals surface area contributed by atoms with E-state index in [0.717, 1.165) is 0 Å². The van der Waals surface area contributed by atoms with Gasteiger partial charge in [0.2, 0.25) is 0 Å². The van der Waals surface area contributed by atoms with Gasteiger partial charge in [0.15, 0.2) is 0 Å². The van der Waals surface area contributed by atoms with Gasteiger partial charge in [-0.05, 0) is 81.8 Å². The number of likely N-dealkylation sites (N-methyl/N-ethyl adjacent to an activating group) is 1. The van der Waals surface area contributed by atoms with Gasteiger partial charge in [-0.25, -0.2) is 0 Å². The van der Waals surface area contributed by atoms with Gasteiger partial charge >= 0.3 is 0 Å². The fraction of sp³-hybridized carbons (Fsp3) is 1.00. The number of piperazine rings is 1. The maximum absolute atomic E-state index is 2.62. The molecular weight excluding hydrogens is 294 g/mol. The monoisotopic (exact) mass is 341 g/mol. The van der Waals surface area contributed by atoms with E-state index >= 15 is 0 Å². The van der Waals surface area contributed by atoms with E-state index in [1.54, 1.807) is 0 Å². The Labute approximate surface area is 153 Å². The molecule has 146 valence electrons. The predicted molar refractivity (Wildman–Crippen MR) is 110 cm³/mol.